The maximum Gasteiger partial charge on any atom is 0.178 e. The molecule has 0 radical (unpaired) electrons. The standard InChI is InChI=1S/C21H27N3O2/c1-15-13-20(16(2)24(15)18-3-4-18)21(26)14-22-9-11-23(12-10-22)17-5-7-19(25)8-6-17/h5-8,13,18,25H,3-4,9-12,14H2,1-2H3. The summed E-state index contributed by atoms with van der Waals surface area (Å²) in [5.74, 6) is 0.532. The van der Waals surface area contributed by atoms with E-state index in [0.29, 0.717) is 18.3 Å². The van der Waals surface area contributed by atoms with Gasteiger partial charge in [0.05, 0.1) is 6.54 Å². The molecule has 2 fully saturated rings. The average molecular weight is 353 g/mol. The number of carbonyl (C=O) groups excluding carboxylic acids is 1. The third-order valence-electron chi connectivity index (χ3n) is 5.65. The molecule has 1 aromatic carbocycles. The molecule has 4 rings (SSSR count). The fourth-order valence-electron chi connectivity index (χ4n) is 4.07. The monoisotopic (exact) mass is 353 g/mol. The van der Waals surface area contributed by atoms with Crippen LogP contribution in [-0.2, 0) is 0 Å². The first-order valence-electron chi connectivity index (χ1n) is 9.51. The lowest BCUT2D eigenvalue weighted by Gasteiger charge is -2.35. The van der Waals surface area contributed by atoms with E-state index in [0.717, 1.165) is 43.1 Å². The van der Waals surface area contributed by atoms with Crippen molar-refractivity contribution in [3.8, 4) is 5.75 Å². The minimum absolute atomic E-state index is 0.239. The van der Waals surface area contributed by atoms with Gasteiger partial charge < -0.3 is 14.6 Å². The van der Waals surface area contributed by atoms with Gasteiger partial charge in [-0.3, -0.25) is 9.69 Å². The van der Waals surface area contributed by atoms with Crippen molar-refractivity contribution in [2.24, 2.45) is 0 Å². The molecule has 1 N–H and O–H groups in total. The predicted molar refractivity (Wildman–Crippen MR) is 103 cm³/mol. The van der Waals surface area contributed by atoms with E-state index in [4.69, 9.17) is 0 Å². The number of hydrogen-bond acceptors (Lipinski definition) is 4. The van der Waals surface area contributed by atoms with Crippen LogP contribution in [0.15, 0.2) is 30.3 Å². The van der Waals surface area contributed by atoms with E-state index in [2.05, 4.69) is 34.3 Å². The zero-order valence-corrected chi connectivity index (χ0v) is 15.6. The van der Waals surface area contributed by atoms with Crippen LogP contribution in [-0.4, -0.2) is 53.1 Å². The van der Waals surface area contributed by atoms with E-state index in [9.17, 15) is 9.90 Å². The Morgan fingerprint density at radius 1 is 1.08 bits per heavy atom. The number of benzene rings is 1. The number of nitrogens with zero attached hydrogens (tertiary/aromatic N) is 3. The van der Waals surface area contributed by atoms with Crippen LogP contribution in [0.1, 0.15) is 40.6 Å². The van der Waals surface area contributed by atoms with Crippen molar-refractivity contribution in [3.05, 3.63) is 47.3 Å². The van der Waals surface area contributed by atoms with Crippen molar-refractivity contribution >= 4 is 11.5 Å². The molecule has 2 aliphatic rings. The SMILES string of the molecule is Cc1cc(C(=O)CN2CCN(c3ccc(O)cc3)CC2)c(C)n1C1CC1. The van der Waals surface area contributed by atoms with Crippen molar-refractivity contribution in [2.75, 3.05) is 37.6 Å². The number of phenols is 1. The Morgan fingerprint density at radius 3 is 2.35 bits per heavy atom. The van der Waals surface area contributed by atoms with Gasteiger partial charge in [0.15, 0.2) is 5.78 Å². The third kappa shape index (κ3) is 3.36. The van der Waals surface area contributed by atoms with Gasteiger partial charge in [0.2, 0.25) is 0 Å². The Hall–Kier alpha value is -2.27. The van der Waals surface area contributed by atoms with Crippen LogP contribution >= 0.6 is 0 Å². The van der Waals surface area contributed by atoms with Gasteiger partial charge in [0.25, 0.3) is 0 Å². The van der Waals surface area contributed by atoms with Crippen molar-refractivity contribution in [1.82, 2.24) is 9.47 Å². The van der Waals surface area contributed by atoms with Crippen molar-refractivity contribution in [2.45, 2.75) is 32.7 Å². The summed E-state index contributed by atoms with van der Waals surface area (Å²) < 4.78 is 2.34. The Kier molecular flexibility index (Phi) is 4.49. The quantitative estimate of drug-likeness (QED) is 0.839. The second-order valence-corrected chi connectivity index (χ2v) is 7.59. The van der Waals surface area contributed by atoms with Crippen molar-refractivity contribution in [3.63, 3.8) is 0 Å². The first-order chi connectivity index (χ1) is 12.5. The number of carbonyl (C=O) groups is 1. The summed E-state index contributed by atoms with van der Waals surface area (Å²) in [5.41, 5.74) is 4.38. The first kappa shape index (κ1) is 17.2. The Labute approximate surface area is 154 Å². The molecule has 0 amide bonds. The molecule has 26 heavy (non-hydrogen) atoms. The number of hydrogen-bond donors (Lipinski definition) is 1. The second-order valence-electron chi connectivity index (χ2n) is 7.59. The number of piperazine rings is 1. The van der Waals surface area contributed by atoms with Gasteiger partial charge in [0.1, 0.15) is 5.75 Å². The summed E-state index contributed by atoms with van der Waals surface area (Å²) in [4.78, 5) is 17.4. The molecular formula is C21H27N3O2. The van der Waals surface area contributed by atoms with Gasteiger partial charge >= 0.3 is 0 Å². The number of aryl methyl sites for hydroxylation is 1. The summed E-state index contributed by atoms with van der Waals surface area (Å²) in [6.45, 7) is 8.26. The largest absolute Gasteiger partial charge is 0.508 e. The number of phenolic OH excluding ortho intramolecular Hbond substituents is 1. The number of Topliss-reactive ketones (excluding diaryl/α,β-unsaturated/α-hetero) is 1. The highest BCUT2D eigenvalue weighted by Gasteiger charge is 2.29. The minimum atomic E-state index is 0.239. The Bertz CT molecular complexity index is 797. The highest BCUT2D eigenvalue weighted by molar-refractivity contribution is 5.99. The molecule has 0 bridgehead atoms. The average Bonchev–Trinajstić information content (AvgIpc) is 3.41. The lowest BCUT2D eigenvalue weighted by molar-refractivity contribution is 0.0925. The van der Waals surface area contributed by atoms with Gasteiger partial charge in [-0.15, -0.1) is 0 Å². The summed E-state index contributed by atoms with van der Waals surface area (Å²) in [5, 5.41) is 9.42. The Morgan fingerprint density at radius 2 is 1.73 bits per heavy atom. The lowest BCUT2D eigenvalue weighted by atomic mass is 10.1. The smallest absolute Gasteiger partial charge is 0.178 e. The van der Waals surface area contributed by atoms with Crippen LogP contribution in [0.2, 0.25) is 0 Å². The maximum atomic E-state index is 12.8. The van der Waals surface area contributed by atoms with E-state index in [-0.39, 0.29) is 5.78 Å². The molecule has 0 spiro atoms. The van der Waals surface area contributed by atoms with Crippen molar-refractivity contribution in [1.29, 1.82) is 0 Å². The molecule has 2 heterocycles. The van der Waals surface area contributed by atoms with E-state index >= 15 is 0 Å². The van der Waals surface area contributed by atoms with Gasteiger partial charge in [-0.05, 0) is 57.0 Å². The maximum absolute atomic E-state index is 12.8. The molecule has 1 aliphatic carbocycles. The summed E-state index contributed by atoms with van der Waals surface area (Å²) in [7, 11) is 0. The molecule has 0 atom stereocenters. The topological polar surface area (TPSA) is 48.7 Å². The third-order valence-corrected chi connectivity index (χ3v) is 5.65. The predicted octanol–water partition coefficient (Wildman–Crippen LogP) is 3.15. The van der Waals surface area contributed by atoms with E-state index in [1.165, 1.54) is 18.5 Å². The lowest BCUT2D eigenvalue weighted by Crippen LogP contribution is -2.48. The minimum Gasteiger partial charge on any atom is -0.508 e. The summed E-state index contributed by atoms with van der Waals surface area (Å²) in [6, 6.07) is 10.0. The molecule has 1 aromatic heterocycles. The van der Waals surface area contributed by atoms with Gasteiger partial charge in [-0.25, -0.2) is 0 Å². The number of aromatic nitrogens is 1. The highest BCUT2D eigenvalue weighted by Crippen LogP contribution is 2.38. The number of anilines is 1. The molecule has 0 unspecified atom stereocenters. The van der Waals surface area contributed by atoms with Gasteiger partial charge in [-0.1, -0.05) is 0 Å². The summed E-state index contributed by atoms with van der Waals surface area (Å²) in [6.07, 6.45) is 2.48. The fraction of sp³-hybridized carbons (Fsp3) is 0.476. The molecule has 5 heteroatoms. The molecule has 2 aromatic rings. The van der Waals surface area contributed by atoms with Crippen LogP contribution < -0.4 is 4.90 Å². The number of rotatable bonds is 5. The molecule has 1 saturated heterocycles. The highest BCUT2D eigenvalue weighted by atomic mass is 16.3. The van der Waals surface area contributed by atoms with E-state index < -0.39 is 0 Å². The van der Waals surface area contributed by atoms with E-state index in [1.807, 2.05) is 12.1 Å². The van der Waals surface area contributed by atoms with Crippen LogP contribution in [0.4, 0.5) is 5.69 Å². The number of ketones is 1. The zero-order valence-electron chi connectivity index (χ0n) is 15.6. The molecule has 138 valence electrons. The van der Waals surface area contributed by atoms with Gasteiger partial charge in [0, 0.05) is 54.9 Å². The molecular weight excluding hydrogens is 326 g/mol. The van der Waals surface area contributed by atoms with Crippen LogP contribution in [0.3, 0.4) is 0 Å². The van der Waals surface area contributed by atoms with Gasteiger partial charge in [-0.2, -0.15) is 0 Å². The van der Waals surface area contributed by atoms with E-state index in [1.54, 1.807) is 12.1 Å². The fourth-order valence-corrected chi connectivity index (χ4v) is 4.07. The zero-order chi connectivity index (χ0) is 18.3. The normalized spacial score (nSPS) is 18.3. The van der Waals surface area contributed by atoms with Crippen LogP contribution in [0.5, 0.6) is 5.75 Å². The van der Waals surface area contributed by atoms with Crippen LogP contribution in [0, 0.1) is 13.8 Å². The first-order valence-corrected chi connectivity index (χ1v) is 9.51. The molecule has 1 saturated carbocycles. The summed E-state index contributed by atoms with van der Waals surface area (Å²) >= 11 is 0. The van der Waals surface area contributed by atoms with Crippen molar-refractivity contribution < 1.29 is 9.90 Å². The second kappa shape index (κ2) is 6.80. The molecule has 1 aliphatic heterocycles. The Balaban J connectivity index is 1.36. The number of aromatic hydroxyl groups is 1. The van der Waals surface area contributed by atoms with Crippen LogP contribution in [0.25, 0.3) is 0 Å². The molecule has 5 nitrogen and oxygen atoms in total.